The van der Waals surface area contributed by atoms with Gasteiger partial charge in [-0.15, -0.1) is 0 Å². The van der Waals surface area contributed by atoms with Crippen molar-refractivity contribution in [2.24, 2.45) is 5.10 Å². The summed E-state index contributed by atoms with van der Waals surface area (Å²) in [7, 11) is 0. The van der Waals surface area contributed by atoms with E-state index in [0.29, 0.717) is 0 Å². The van der Waals surface area contributed by atoms with Gasteiger partial charge in [-0.05, 0) is 31.2 Å². The molecule has 1 aliphatic rings. The molecule has 0 aromatic heterocycles. The maximum Gasteiger partial charge on any atom is 0.0955 e. The van der Waals surface area contributed by atoms with Crippen LogP contribution in [0.2, 0.25) is 0 Å². The van der Waals surface area contributed by atoms with E-state index in [-0.39, 0.29) is 6.04 Å². The second-order valence-corrected chi connectivity index (χ2v) is 4.39. The molecule has 0 fully saturated rings. The van der Waals surface area contributed by atoms with Crippen LogP contribution in [-0.2, 0) is 0 Å². The lowest BCUT2D eigenvalue weighted by molar-refractivity contribution is 0.176. The predicted molar refractivity (Wildman–Crippen MR) is 75.7 cm³/mol. The van der Waals surface area contributed by atoms with Crippen LogP contribution in [0, 0.1) is 0 Å². The number of fused-ring (bicyclic) bond motifs is 1. The Kier molecular flexibility index (Phi) is 4.12. The third-order valence-corrected chi connectivity index (χ3v) is 3.02. The average Bonchev–Trinajstić information content (AvgIpc) is 2.60. The van der Waals surface area contributed by atoms with Gasteiger partial charge in [0.15, 0.2) is 0 Å². The molecule has 0 amide bonds. The fraction of sp³-hybridized carbons (Fsp3) is 0.357. The van der Waals surface area contributed by atoms with E-state index < -0.39 is 6.10 Å². The smallest absolute Gasteiger partial charge is 0.0955 e. The Labute approximate surface area is 107 Å². The van der Waals surface area contributed by atoms with Gasteiger partial charge in [0, 0.05) is 11.6 Å². The number of aliphatic hydroxyl groups excluding tert-OH is 1. The van der Waals surface area contributed by atoms with Gasteiger partial charge >= 0.3 is 0 Å². The molecule has 4 nitrogen and oxygen atoms in total. The van der Waals surface area contributed by atoms with E-state index >= 15 is 0 Å². The number of hydrazone groups is 1. The van der Waals surface area contributed by atoms with Gasteiger partial charge in [0.25, 0.3) is 0 Å². The van der Waals surface area contributed by atoms with Gasteiger partial charge < -0.3 is 10.4 Å². The molecule has 1 aliphatic heterocycles. The van der Waals surface area contributed by atoms with Crippen molar-refractivity contribution in [2.45, 2.75) is 26.0 Å². The molecule has 0 saturated carbocycles. The number of aliphatic hydroxyl groups is 1. The highest BCUT2D eigenvalue weighted by molar-refractivity contribution is 5.91. The zero-order chi connectivity index (χ0) is 13.0. The molecule has 2 unspecified atom stereocenters. The van der Waals surface area contributed by atoms with Crippen LogP contribution in [0.4, 0.5) is 5.69 Å². The van der Waals surface area contributed by atoms with Gasteiger partial charge in [-0.1, -0.05) is 25.1 Å². The minimum absolute atomic E-state index is 0.00189. The van der Waals surface area contributed by atoms with Crippen LogP contribution in [0.1, 0.15) is 19.4 Å². The second-order valence-electron chi connectivity index (χ2n) is 4.39. The van der Waals surface area contributed by atoms with Gasteiger partial charge in [0.1, 0.15) is 0 Å². The number of para-hydroxylation sites is 1. The molecule has 4 heteroatoms. The lowest BCUT2D eigenvalue weighted by Crippen LogP contribution is -2.38. The fourth-order valence-corrected chi connectivity index (χ4v) is 2.00. The third kappa shape index (κ3) is 2.78. The van der Waals surface area contributed by atoms with Crippen molar-refractivity contribution in [1.29, 1.82) is 0 Å². The molecular weight excluding hydrogens is 226 g/mol. The van der Waals surface area contributed by atoms with E-state index in [4.69, 9.17) is 0 Å². The first kappa shape index (κ1) is 12.8. The number of rotatable bonds is 4. The van der Waals surface area contributed by atoms with Crippen molar-refractivity contribution in [3.63, 3.8) is 0 Å². The maximum absolute atomic E-state index is 10.3. The summed E-state index contributed by atoms with van der Waals surface area (Å²) in [6.45, 7) is 4.82. The van der Waals surface area contributed by atoms with Gasteiger partial charge in [-0.2, -0.15) is 5.10 Å². The van der Waals surface area contributed by atoms with Crippen LogP contribution in [0.5, 0.6) is 0 Å². The van der Waals surface area contributed by atoms with Gasteiger partial charge in [0.2, 0.25) is 0 Å². The molecule has 0 radical (unpaired) electrons. The average molecular weight is 245 g/mol. The van der Waals surface area contributed by atoms with Crippen LogP contribution >= 0.6 is 0 Å². The summed E-state index contributed by atoms with van der Waals surface area (Å²) >= 11 is 0. The van der Waals surface area contributed by atoms with Gasteiger partial charge in [-0.25, -0.2) is 0 Å². The number of likely N-dealkylation sites (N-methyl/N-ethyl adjacent to an activating group) is 1. The SMILES string of the molecule is CCNC(C)C(O)C1=Cc2ccccc2NN=C1. The van der Waals surface area contributed by atoms with Crippen LogP contribution in [0.25, 0.3) is 6.08 Å². The molecule has 0 spiro atoms. The lowest BCUT2D eigenvalue weighted by atomic mass is 10.0. The van der Waals surface area contributed by atoms with Crippen molar-refractivity contribution in [3.05, 3.63) is 35.4 Å². The van der Waals surface area contributed by atoms with E-state index in [1.54, 1.807) is 6.21 Å². The largest absolute Gasteiger partial charge is 0.387 e. The zero-order valence-corrected chi connectivity index (χ0v) is 10.7. The standard InChI is InChI=1S/C14H19N3O/c1-3-15-10(2)14(18)12-8-11-6-4-5-7-13(11)17-16-9-12/h4-10,14-15,17-18H,3H2,1-2H3. The zero-order valence-electron chi connectivity index (χ0n) is 10.7. The van der Waals surface area contributed by atoms with Crippen LogP contribution in [-0.4, -0.2) is 30.0 Å². The Morgan fingerprint density at radius 3 is 2.94 bits per heavy atom. The number of hydrogen-bond donors (Lipinski definition) is 3. The Bertz CT molecular complexity index is 468. The quantitative estimate of drug-likeness (QED) is 0.758. The van der Waals surface area contributed by atoms with Crippen LogP contribution in [0.15, 0.2) is 34.9 Å². The topological polar surface area (TPSA) is 56.6 Å². The second kappa shape index (κ2) is 5.80. The number of benzene rings is 1. The minimum atomic E-state index is -0.568. The minimum Gasteiger partial charge on any atom is -0.387 e. The molecule has 96 valence electrons. The molecule has 3 N–H and O–H groups in total. The van der Waals surface area contributed by atoms with E-state index in [1.807, 2.05) is 44.2 Å². The van der Waals surface area contributed by atoms with Crippen LogP contribution < -0.4 is 10.7 Å². The number of hydrogen-bond acceptors (Lipinski definition) is 4. The van der Waals surface area contributed by atoms with Crippen molar-refractivity contribution < 1.29 is 5.11 Å². The van der Waals surface area contributed by atoms with Gasteiger partial charge in [-0.3, -0.25) is 5.43 Å². The number of nitrogens with one attached hydrogen (secondary N) is 2. The summed E-state index contributed by atoms with van der Waals surface area (Å²) in [6, 6.07) is 7.89. The summed E-state index contributed by atoms with van der Waals surface area (Å²) in [4.78, 5) is 0. The Morgan fingerprint density at radius 1 is 1.39 bits per heavy atom. The monoisotopic (exact) mass is 245 g/mol. The first-order valence-electron chi connectivity index (χ1n) is 6.23. The Balaban J connectivity index is 2.26. The molecule has 2 atom stereocenters. The first-order valence-corrected chi connectivity index (χ1v) is 6.23. The molecular formula is C14H19N3O. The summed E-state index contributed by atoms with van der Waals surface area (Å²) in [5, 5.41) is 17.6. The lowest BCUT2D eigenvalue weighted by Gasteiger charge is -2.20. The van der Waals surface area contributed by atoms with Crippen molar-refractivity contribution in [3.8, 4) is 0 Å². The van der Waals surface area contributed by atoms with E-state index in [9.17, 15) is 5.11 Å². The molecule has 18 heavy (non-hydrogen) atoms. The Hall–Kier alpha value is -1.65. The number of anilines is 1. The van der Waals surface area contributed by atoms with Gasteiger partial charge in [0.05, 0.1) is 18.0 Å². The maximum atomic E-state index is 10.3. The summed E-state index contributed by atoms with van der Waals surface area (Å²) < 4.78 is 0. The summed E-state index contributed by atoms with van der Waals surface area (Å²) in [6.07, 6.45) is 3.08. The van der Waals surface area contributed by atoms with E-state index in [2.05, 4.69) is 15.8 Å². The third-order valence-electron chi connectivity index (χ3n) is 3.02. The normalized spacial score (nSPS) is 17.2. The van der Waals surface area contributed by atoms with E-state index in [0.717, 1.165) is 23.4 Å². The predicted octanol–water partition coefficient (Wildman–Crippen LogP) is 1.84. The first-order chi connectivity index (χ1) is 8.72. The fourth-order valence-electron chi connectivity index (χ4n) is 2.00. The molecule has 1 aromatic carbocycles. The molecule has 1 heterocycles. The molecule has 1 aromatic rings. The summed E-state index contributed by atoms with van der Waals surface area (Å²) in [5.74, 6) is 0. The molecule has 0 bridgehead atoms. The highest BCUT2D eigenvalue weighted by Gasteiger charge is 2.18. The summed E-state index contributed by atoms with van der Waals surface area (Å²) in [5.41, 5.74) is 5.76. The van der Waals surface area contributed by atoms with Crippen LogP contribution in [0.3, 0.4) is 0 Å². The highest BCUT2D eigenvalue weighted by Crippen LogP contribution is 2.22. The van der Waals surface area contributed by atoms with E-state index in [1.165, 1.54) is 0 Å². The number of nitrogens with zero attached hydrogens (tertiary/aromatic N) is 1. The van der Waals surface area contributed by atoms with Crippen molar-refractivity contribution >= 4 is 18.0 Å². The highest BCUT2D eigenvalue weighted by atomic mass is 16.3. The molecule has 2 rings (SSSR count). The molecule has 0 aliphatic carbocycles. The Morgan fingerprint density at radius 2 is 2.17 bits per heavy atom. The van der Waals surface area contributed by atoms with Crippen molar-refractivity contribution in [2.75, 3.05) is 12.0 Å². The molecule has 0 saturated heterocycles. The van der Waals surface area contributed by atoms with Crippen molar-refractivity contribution in [1.82, 2.24) is 5.32 Å².